The van der Waals surface area contributed by atoms with Gasteiger partial charge in [0.25, 0.3) is 0 Å². The maximum Gasteiger partial charge on any atom is 0.126 e. The van der Waals surface area contributed by atoms with E-state index in [0.29, 0.717) is 11.4 Å². The largest absolute Gasteiger partial charge is 0.354 e. The number of piperidine rings is 1. The predicted octanol–water partition coefficient (Wildman–Crippen LogP) is 3.66. The van der Waals surface area contributed by atoms with Crippen molar-refractivity contribution in [1.29, 1.82) is 5.41 Å². The maximum absolute atomic E-state index is 13.5. The summed E-state index contributed by atoms with van der Waals surface area (Å²) < 4.78 is 13.5. The minimum absolute atomic E-state index is 0.0953. The van der Waals surface area contributed by atoms with E-state index in [1.165, 1.54) is 0 Å². The van der Waals surface area contributed by atoms with Crippen LogP contribution in [0.5, 0.6) is 0 Å². The summed E-state index contributed by atoms with van der Waals surface area (Å²) in [5.74, 6) is 0.530. The van der Waals surface area contributed by atoms with Crippen molar-refractivity contribution in [1.82, 2.24) is 4.90 Å². The van der Waals surface area contributed by atoms with Gasteiger partial charge in [0.05, 0.1) is 11.9 Å². The Morgan fingerprint density at radius 3 is 2.76 bits per heavy atom. The Labute approximate surface area is 102 Å². The topological polar surface area (TPSA) is 27.1 Å². The molecule has 1 heterocycles. The second-order valence-corrected chi connectivity index (χ2v) is 4.78. The van der Waals surface area contributed by atoms with Gasteiger partial charge in [-0.1, -0.05) is 12.1 Å². The lowest BCUT2D eigenvalue weighted by Crippen LogP contribution is -2.36. The summed E-state index contributed by atoms with van der Waals surface area (Å²) >= 11 is 0. The van der Waals surface area contributed by atoms with E-state index in [1.807, 2.05) is 19.1 Å². The molecule has 1 aromatic rings. The van der Waals surface area contributed by atoms with Crippen molar-refractivity contribution >= 4 is 5.84 Å². The normalized spacial score (nSPS) is 18.3. The molecule has 0 spiro atoms. The molecule has 0 aliphatic carbocycles. The van der Waals surface area contributed by atoms with Gasteiger partial charge in [-0.05, 0) is 43.9 Å². The van der Waals surface area contributed by atoms with Gasteiger partial charge in [0.1, 0.15) is 5.82 Å². The van der Waals surface area contributed by atoms with Gasteiger partial charge < -0.3 is 4.90 Å². The zero-order chi connectivity index (χ0) is 12.4. The first-order chi connectivity index (χ1) is 8.09. The minimum atomic E-state index is -0.155. The first-order valence-electron chi connectivity index (χ1n) is 6.19. The summed E-state index contributed by atoms with van der Waals surface area (Å²) in [6.07, 6.45) is 3.07. The third-order valence-electron chi connectivity index (χ3n) is 3.56. The van der Waals surface area contributed by atoms with E-state index in [4.69, 9.17) is 5.41 Å². The monoisotopic (exact) mass is 234 g/mol. The third kappa shape index (κ3) is 2.48. The fourth-order valence-electron chi connectivity index (χ4n) is 2.33. The zero-order valence-electron chi connectivity index (χ0n) is 10.5. The number of aryl methyl sites for hydroxylation is 1. The van der Waals surface area contributed by atoms with Crippen molar-refractivity contribution in [2.24, 2.45) is 0 Å². The Balaban J connectivity index is 2.20. The van der Waals surface area contributed by atoms with Gasteiger partial charge in [-0.2, -0.15) is 0 Å². The van der Waals surface area contributed by atoms with Crippen LogP contribution in [0.2, 0.25) is 0 Å². The molecular weight excluding hydrogens is 215 g/mol. The quantitative estimate of drug-likeness (QED) is 0.830. The summed E-state index contributed by atoms with van der Waals surface area (Å²) in [6, 6.07) is 5.47. The molecule has 92 valence electrons. The molecule has 1 atom stereocenters. The van der Waals surface area contributed by atoms with Gasteiger partial charge in [-0.15, -0.1) is 0 Å². The fourth-order valence-corrected chi connectivity index (χ4v) is 2.33. The highest BCUT2D eigenvalue weighted by Crippen LogP contribution is 2.26. The smallest absolute Gasteiger partial charge is 0.126 e. The minimum Gasteiger partial charge on any atom is -0.354 e. The maximum atomic E-state index is 13.5. The highest BCUT2D eigenvalue weighted by molar-refractivity contribution is 5.80. The molecule has 1 saturated heterocycles. The van der Waals surface area contributed by atoms with Crippen LogP contribution in [0.25, 0.3) is 0 Å². The first kappa shape index (κ1) is 12.1. The summed E-state index contributed by atoms with van der Waals surface area (Å²) in [4.78, 5) is 2.08. The number of hydrogen-bond acceptors (Lipinski definition) is 1. The number of halogens is 1. The number of likely N-dealkylation sites (tertiary alicyclic amines) is 1. The number of nitrogens with zero attached hydrogens (tertiary/aromatic N) is 1. The molecule has 1 aliphatic rings. The lowest BCUT2D eigenvalue weighted by Gasteiger charge is -2.35. The standard InChI is InChI=1S/C14H19FN2/c1-10-6-7-12(9-13(10)15)11(2)17-8-4-3-5-14(17)16/h6-7,9,11,16H,3-5,8H2,1-2H3. The van der Waals surface area contributed by atoms with Crippen LogP contribution in [-0.2, 0) is 0 Å². The highest BCUT2D eigenvalue weighted by atomic mass is 19.1. The van der Waals surface area contributed by atoms with Crippen LogP contribution in [0.15, 0.2) is 18.2 Å². The Bertz CT molecular complexity index is 428. The van der Waals surface area contributed by atoms with Gasteiger partial charge in [0.2, 0.25) is 0 Å². The lowest BCUT2D eigenvalue weighted by molar-refractivity contribution is 0.299. The van der Waals surface area contributed by atoms with Crippen molar-refractivity contribution in [3.8, 4) is 0 Å². The van der Waals surface area contributed by atoms with Crippen LogP contribution in [0, 0.1) is 18.2 Å². The van der Waals surface area contributed by atoms with Crippen LogP contribution < -0.4 is 0 Å². The van der Waals surface area contributed by atoms with Crippen LogP contribution >= 0.6 is 0 Å². The van der Waals surface area contributed by atoms with E-state index < -0.39 is 0 Å². The Hall–Kier alpha value is -1.38. The average molecular weight is 234 g/mol. The van der Waals surface area contributed by atoms with Gasteiger partial charge in [-0.25, -0.2) is 4.39 Å². The molecule has 0 bridgehead atoms. The third-order valence-corrected chi connectivity index (χ3v) is 3.56. The van der Waals surface area contributed by atoms with Crippen LogP contribution in [0.4, 0.5) is 4.39 Å². The molecule has 0 aromatic heterocycles. The molecule has 0 saturated carbocycles. The van der Waals surface area contributed by atoms with E-state index in [9.17, 15) is 4.39 Å². The fraction of sp³-hybridized carbons (Fsp3) is 0.500. The van der Waals surface area contributed by atoms with Crippen LogP contribution in [0.1, 0.15) is 43.4 Å². The molecule has 1 unspecified atom stereocenters. The van der Waals surface area contributed by atoms with Crippen molar-refractivity contribution in [3.63, 3.8) is 0 Å². The zero-order valence-corrected chi connectivity index (χ0v) is 10.5. The molecule has 1 aliphatic heterocycles. The molecule has 0 amide bonds. The SMILES string of the molecule is Cc1ccc(C(C)N2CCCCC2=N)cc1F. The summed E-state index contributed by atoms with van der Waals surface area (Å²) in [5, 5.41) is 7.95. The molecule has 1 fully saturated rings. The van der Waals surface area contributed by atoms with E-state index in [1.54, 1.807) is 13.0 Å². The molecular formula is C14H19FN2. The molecule has 3 heteroatoms. The van der Waals surface area contributed by atoms with Crippen molar-refractivity contribution in [2.45, 2.75) is 39.2 Å². The second kappa shape index (κ2) is 4.86. The second-order valence-electron chi connectivity index (χ2n) is 4.78. The van der Waals surface area contributed by atoms with E-state index in [2.05, 4.69) is 4.90 Å². The van der Waals surface area contributed by atoms with Crippen molar-refractivity contribution < 1.29 is 4.39 Å². The van der Waals surface area contributed by atoms with E-state index in [0.717, 1.165) is 31.4 Å². The van der Waals surface area contributed by atoms with Gasteiger partial charge in [0.15, 0.2) is 0 Å². The molecule has 1 N–H and O–H groups in total. The number of hydrogen-bond donors (Lipinski definition) is 1. The summed E-state index contributed by atoms with van der Waals surface area (Å²) in [7, 11) is 0. The first-order valence-corrected chi connectivity index (χ1v) is 6.19. The lowest BCUT2D eigenvalue weighted by atomic mass is 10.0. The number of benzene rings is 1. The van der Waals surface area contributed by atoms with Gasteiger partial charge >= 0.3 is 0 Å². The van der Waals surface area contributed by atoms with Gasteiger partial charge in [0, 0.05) is 13.0 Å². The van der Waals surface area contributed by atoms with Crippen LogP contribution in [0.3, 0.4) is 0 Å². The van der Waals surface area contributed by atoms with Crippen LogP contribution in [-0.4, -0.2) is 17.3 Å². The Kier molecular flexibility index (Phi) is 3.46. The van der Waals surface area contributed by atoms with Gasteiger partial charge in [-0.3, -0.25) is 5.41 Å². The summed E-state index contributed by atoms with van der Waals surface area (Å²) in [5.41, 5.74) is 1.63. The molecule has 1 aromatic carbocycles. The number of rotatable bonds is 2. The number of nitrogens with one attached hydrogen (secondary N) is 1. The molecule has 17 heavy (non-hydrogen) atoms. The van der Waals surface area contributed by atoms with Crippen molar-refractivity contribution in [2.75, 3.05) is 6.54 Å². The molecule has 2 rings (SSSR count). The average Bonchev–Trinajstić information content (AvgIpc) is 2.32. The Morgan fingerprint density at radius 1 is 1.35 bits per heavy atom. The number of amidine groups is 1. The summed E-state index contributed by atoms with van der Waals surface area (Å²) in [6.45, 7) is 4.73. The molecule has 0 radical (unpaired) electrons. The van der Waals surface area contributed by atoms with E-state index >= 15 is 0 Å². The predicted molar refractivity (Wildman–Crippen MR) is 67.8 cm³/mol. The van der Waals surface area contributed by atoms with Crippen molar-refractivity contribution in [3.05, 3.63) is 35.1 Å². The highest BCUT2D eigenvalue weighted by Gasteiger charge is 2.21. The molecule has 2 nitrogen and oxygen atoms in total. The van der Waals surface area contributed by atoms with E-state index in [-0.39, 0.29) is 11.9 Å². The Morgan fingerprint density at radius 2 is 2.12 bits per heavy atom.